The average molecular weight is 913 g/mol. The van der Waals surface area contributed by atoms with Gasteiger partial charge in [-0.3, -0.25) is 29.5 Å². The minimum Gasteiger partial charge on any atom is -0.508 e. The number of nitrogens with zero attached hydrogens (tertiary/aromatic N) is 2. The van der Waals surface area contributed by atoms with Crippen LogP contribution in [0.1, 0.15) is 29.9 Å². The van der Waals surface area contributed by atoms with Gasteiger partial charge in [-0.15, -0.1) is 0 Å². The number of carbonyl (C=O) groups excluding carboxylic acids is 4. The predicted molar refractivity (Wildman–Crippen MR) is 208 cm³/mol. The van der Waals surface area contributed by atoms with Gasteiger partial charge in [0.25, 0.3) is 11.8 Å². The zero-order valence-electron chi connectivity index (χ0n) is 27.4. The first-order chi connectivity index (χ1) is 24.9. The summed E-state index contributed by atoms with van der Waals surface area (Å²) in [7, 11) is 1.54. The number of methoxy groups -OCH3 is 1. The molecule has 2 aliphatic carbocycles. The van der Waals surface area contributed by atoms with Crippen LogP contribution in [0.2, 0.25) is 10.0 Å². The lowest BCUT2D eigenvalue weighted by Gasteiger charge is -2.50. The molecule has 6 unspecified atom stereocenters. The van der Waals surface area contributed by atoms with Crippen LogP contribution in [0.15, 0.2) is 101 Å². The largest absolute Gasteiger partial charge is 0.508 e. The monoisotopic (exact) mass is 911 g/mol. The molecule has 4 aromatic carbocycles. The van der Waals surface area contributed by atoms with Gasteiger partial charge in [0, 0.05) is 24.5 Å². The van der Waals surface area contributed by atoms with E-state index in [0.29, 0.717) is 37.7 Å². The summed E-state index contributed by atoms with van der Waals surface area (Å²) in [6.45, 7) is 0. The molecule has 0 radical (unpaired) electrons. The molecular formula is C39H29BrCl2IN3O6. The van der Waals surface area contributed by atoms with Crippen LogP contribution in [-0.2, 0) is 24.6 Å². The molecule has 4 aliphatic rings. The van der Waals surface area contributed by atoms with E-state index < -0.39 is 46.8 Å². The van der Waals surface area contributed by atoms with Gasteiger partial charge in [-0.1, -0.05) is 62.9 Å². The van der Waals surface area contributed by atoms with Gasteiger partial charge in [0.05, 0.1) is 46.7 Å². The standard InChI is InChI=1S/C39H29BrCl2IN3O6/c1-52-24-10-2-19(3-11-24)39-29(36(49)46(38(39)51)44-31-14-5-21(41)17-30(31)42)18-27-25(34(39)28-16-20(40)4-15-32(28)47)12-13-26-33(27)37(50)45(35(26)48)23-8-6-22(43)7-9-23/h2-12,14-17,26-27,29,33-34,44,47H,13,18H2,1H3. The summed E-state index contributed by atoms with van der Waals surface area (Å²) in [5, 5.41) is 13.2. The zero-order valence-corrected chi connectivity index (χ0v) is 32.6. The minimum atomic E-state index is -1.59. The lowest BCUT2D eigenvalue weighted by atomic mass is 9.49. The van der Waals surface area contributed by atoms with Gasteiger partial charge in [0.1, 0.15) is 11.5 Å². The van der Waals surface area contributed by atoms with Gasteiger partial charge in [-0.25, -0.2) is 0 Å². The number of amides is 4. The Labute approximate surface area is 331 Å². The highest BCUT2D eigenvalue weighted by atomic mass is 127. The quantitative estimate of drug-likeness (QED) is 0.114. The van der Waals surface area contributed by atoms with Crippen molar-refractivity contribution in [3.63, 3.8) is 0 Å². The molecule has 0 aromatic heterocycles. The molecule has 3 fully saturated rings. The van der Waals surface area contributed by atoms with E-state index in [0.717, 1.165) is 14.2 Å². The van der Waals surface area contributed by atoms with Crippen molar-refractivity contribution in [2.45, 2.75) is 24.2 Å². The van der Waals surface area contributed by atoms with E-state index in [1.54, 1.807) is 66.7 Å². The molecule has 0 bridgehead atoms. The Morgan fingerprint density at radius 3 is 2.33 bits per heavy atom. The summed E-state index contributed by atoms with van der Waals surface area (Å²) in [4.78, 5) is 60.0. The number of anilines is 2. The van der Waals surface area contributed by atoms with Crippen LogP contribution in [0.25, 0.3) is 0 Å². The van der Waals surface area contributed by atoms with Crippen molar-refractivity contribution in [2.75, 3.05) is 17.4 Å². The summed E-state index contributed by atoms with van der Waals surface area (Å²) in [5.74, 6) is -5.22. The number of hydrogen-bond acceptors (Lipinski definition) is 7. The number of phenols is 1. The first-order valence-corrected chi connectivity index (χ1v) is 19.1. The van der Waals surface area contributed by atoms with Crippen LogP contribution in [-0.4, -0.2) is 40.9 Å². The number of nitrogens with one attached hydrogen (secondary N) is 1. The van der Waals surface area contributed by atoms with Crippen molar-refractivity contribution < 1.29 is 29.0 Å². The second-order valence-corrected chi connectivity index (χ2v) is 16.4. The van der Waals surface area contributed by atoms with Crippen LogP contribution in [0.3, 0.4) is 0 Å². The van der Waals surface area contributed by atoms with E-state index in [-0.39, 0.29) is 35.4 Å². The Balaban J connectivity index is 1.34. The third-order valence-corrected chi connectivity index (χ3v) is 12.7. The maximum Gasteiger partial charge on any atom is 0.260 e. The highest BCUT2D eigenvalue weighted by Crippen LogP contribution is 2.65. The maximum atomic E-state index is 15.4. The molecule has 0 spiro atoms. The number of allylic oxidation sites excluding steroid dienone is 2. The van der Waals surface area contributed by atoms with E-state index in [1.165, 1.54) is 18.1 Å². The Bertz CT molecular complexity index is 2220. The number of benzene rings is 4. The van der Waals surface area contributed by atoms with Gasteiger partial charge in [-0.05, 0) is 120 Å². The lowest BCUT2D eigenvalue weighted by molar-refractivity contribution is -0.138. The highest BCUT2D eigenvalue weighted by molar-refractivity contribution is 14.1. The molecule has 1 saturated carbocycles. The molecule has 4 aromatic rings. The highest BCUT2D eigenvalue weighted by Gasteiger charge is 2.70. The number of phenolic OH excluding ortho intramolecular Hbond substituents is 1. The fourth-order valence-corrected chi connectivity index (χ4v) is 9.98. The summed E-state index contributed by atoms with van der Waals surface area (Å²) < 4.78 is 7.07. The summed E-state index contributed by atoms with van der Waals surface area (Å²) >= 11 is 18.4. The first-order valence-electron chi connectivity index (χ1n) is 16.5. The molecule has 2 saturated heterocycles. The Kier molecular flexibility index (Phi) is 8.91. The molecule has 4 amide bonds. The van der Waals surface area contributed by atoms with Gasteiger partial charge in [0.2, 0.25) is 11.8 Å². The van der Waals surface area contributed by atoms with Gasteiger partial charge < -0.3 is 9.84 Å². The smallest absolute Gasteiger partial charge is 0.260 e. The van der Waals surface area contributed by atoms with E-state index in [4.69, 9.17) is 27.9 Å². The molecule has 2 N–H and O–H groups in total. The van der Waals surface area contributed by atoms with Crippen LogP contribution >= 0.6 is 61.7 Å². The van der Waals surface area contributed by atoms with Crippen LogP contribution in [0, 0.1) is 27.2 Å². The SMILES string of the molecule is COc1ccc(C23C(=O)N(Nc4ccc(Cl)cc4Cl)C(=O)C2CC2C(=CCC4C(=O)N(c5ccc(I)cc5)C(=O)C42)C3c2cc(Br)ccc2O)cc1. The second kappa shape index (κ2) is 13.2. The third-order valence-electron chi connectivity index (χ3n) is 11.0. The molecule has 6 atom stereocenters. The number of hydrazine groups is 1. The number of imide groups is 2. The topological polar surface area (TPSA) is 116 Å². The van der Waals surface area contributed by atoms with Crippen molar-refractivity contribution in [3.05, 3.63) is 126 Å². The Morgan fingerprint density at radius 1 is 0.904 bits per heavy atom. The number of fused-ring (bicyclic) bond motifs is 4. The number of rotatable bonds is 6. The second-order valence-electron chi connectivity index (χ2n) is 13.4. The third kappa shape index (κ3) is 5.29. The van der Waals surface area contributed by atoms with Crippen molar-refractivity contribution in [1.82, 2.24) is 5.01 Å². The van der Waals surface area contributed by atoms with Crippen molar-refractivity contribution in [1.29, 1.82) is 0 Å². The van der Waals surface area contributed by atoms with E-state index in [1.807, 2.05) is 18.2 Å². The first kappa shape index (κ1) is 35.1. The molecule has 9 nitrogen and oxygen atoms in total. The number of hydrogen-bond donors (Lipinski definition) is 2. The molecular weight excluding hydrogens is 884 g/mol. The normalized spacial score (nSPS) is 26.6. The average Bonchev–Trinajstić information content (AvgIpc) is 3.51. The minimum absolute atomic E-state index is 0.0785. The van der Waals surface area contributed by atoms with Crippen molar-refractivity contribution >= 4 is 96.7 Å². The van der Waals surface area contributed by atoms with Crippen LogP contribution < -0.4 is 15.1 Å². The van der Waals surface area contributed by atoms with Crippen LogP contribution in [0.5, 0.6) is 11.5 Å². The fraction of sp³-hybridized carbons (Fsp3) is 0.231. The van der Waals surface area contributed by atoms with Gasteiger partial charge in [0.15, 0.2) is 0 Å². The number of halogens is 4. The molecule has 13 heteroatoms. The summed E-state index contributed by atoms with van der Waals surface area (Å²) in [6.07, 6.45) is 2.30. The number of ether oxygens (including phenoxy) is 1. The van der Waals surface area contributed by atoms with E-state index in [2.05, 4.69) is 43.9 Å². The van der Waals surface area contributed by atoms with E-state index >= 15 is 4.79 Å². The Hall–Kier alpha value is -3.91. The molecule has 8 rings (SSSR count). The zero-order chi connectivity index (χ0) is 36.6. The molecule has 264 valence electrons. The van der Waals surface area contributed by atoms with Crippen LogP contribution in [0.4, 0.5) is 11.4 Å². The predicted octanol–water partition coefficient (Wildman–Crippen LogP) is 8.26. The summed E-state index contributed by atoms with van der Waals surface area (Å²) in [5.41, 5.74) is 3.82. The van der Waals surface area contributed by atoms with E-state index in [9.17, 15) is 19.5 Å². The summed E-state index contributed by atoms with van der Waals surface area (Å²) in [6, 6.07) is 23.9. The van der Waals surface area contributed by atoms with Crippen molar-refractivity contribution in [2.24, 2.45) is 23.7 Å². The molecule has 2 aliphatic heterocycles. The number of aromatic hydroxyl groups is 1. The van der Waals surface area contributed by atoms with Gasteiger partial charge in [-0.2, -0.15) is 5.01 Å². The fourth-order valence-electron chi connectivity index (χ4n) is 8.79. The van der Waals surface area contributed by atoms with Crippen molar-refractivity contribution in [3.8, 4) is 11.5 Å². The van der Waals surface area contributed by atoms with Gasteiger partial charge >= 0.3 is 0 Å². The molecule has 52 heavy (non-hydrogen) atoms. The molecule has 2 heterocycles. The number of carbonyl (C=O) groups is 4. The Morgan fingerprint density at radius 2 is 1.63 bits per heavy atom. The maximum absolute atomic E-state index is 15.4. The lowest BCUT2D eigenvalue weighted by Crippen LogP contribution is -2.53.